The summed E-state index contributed by atoms with van der Waals surface area (Å²) in [6.07, 6.45) is 7.03. The van der Waals surface area contributed by atoms with Gasteiger partial charge in [0.25, 0.3) is 0 Å². The molecule has 0 bridgehead atoms. The number of nitrogens with zero attached hydrogens (tertiary/aromatic N) is 3. The zero-order chi connectivity index (χ0) is 11.7. The first kappa shape index (κ1) is 10.6. The summed E-state index contributed by atoms with van der Waals surface area (Å²) in [7, 11) is 0. The molecule has 17 heavy (non-hydrogen) atoms. The Morgan fingerprint density at radius 2 is 2.41 bits per heavy atom. The largest absolute Gasteiger partial charge is 0.467 e. The molecule has 0 amide bonds. The van der Waals surface area contributed by atoms with Gasteiger partial charge in [-0.3, -0.25) is 0 Å². The lowest BCUT2D eigenvalue weighted by molar-refractivity contribution is 0.464. The number of halogens is 1. The van der Waals surface area contributed by atoms with Crippen molar-refractivity contribution in [3.05, 3.63) is 41.7 Å². The first-order chi connectivity index (χ1) is 8.36. The van der Waals surface area contributed by atoms with Crippen molar-refractivity contribution >= 4 is 17.4 Å². The van der Waals surface area contributed by atoms with Gasteiger partial charge in [-0.05, 0) is 25.0 Å². The summed E-state index contributed by atoms with van der Waals surface area (Å²) in [5, 5.41) is 0.589. The average Bonchev–Trinajstić information content (AvgIpc) is 3.00. The van der Waals surface area contributed by atoms with Crippen LogP contribution in [0.3, 0.4) is 0 Å². The highest BCUT2D eigenvalue weighted by Gasteiger charge is 2.30. The zero-order valence-corrected chi connectivity index (χ0v) is 9.97. The Labute approximate surface area is 104 Å². The van der Waals surface area contributed by atoms with Gasteiger partial charge in [-0.1, -0.05) is 11.6 Å². The quantitative estimate of drug-likeness (QED) is 0.820. The highest BCUT2D eigenvalue weighted by Crippen LogP contribution is 2.37. The third-order valence-corrected chi connectivity index (χ3v) is 3.31. The lowest BCUT2D eigenvalue weighted by atomic mass is 10.1. The van der Waals surface area contributed by atoms with E-state index in [2.05, 4.69) is 14.9 Å². The number of hydrogen-bond acceptors (Lipinski definition) is 4. The average molecular weight is 250 g/mol. The van der Waals surface area contributed by atoms with E-state index in [9.17, 15) is 0 Å². The molecule has 1 fully saturated rings. The third-order valence-electron chi connectivity index (χ3n) is 3.04. The van der Waals surface area contributed by atoms with Gasteiger partial charge < -0.3 is 9.32 Å². The molecule has 1 aliphatic heterocycles. The van der Waals surface area contributed by atoms with Crippen LogP contribution in [0.25, 0.3) is 0 Å². The summed E-state index contributed by atoms with van der Waals surface area (Å²) in [5.41, 5.74) is 0. The molecule has 3 rings (SSSR count). The van der Waals surface area contributed by atoms with Crippen molar-refractivity contribution in [3.63, 3.8) is 0 Å². The normalized spacial score (nSPS) is 19.8. The molecule has 1 unspecified atom stereocenters. The summed E-state index contributed by atoms with van der Waals surface area (Å²) in [6, 6.07) is 4.14. The minimum Gasteiger partial charge on any atom is -0.467 e. The number of furan rings is 1. The fraction of sp³-hybridized carbons (Fsp3) is 0.333. The smallest absolute Gasteiger partial charge is 0.151 e. The molecule has 0 saturated carbocycles. The van der Waals surface area contributed by atoms with Crippen LogP contribution < -0.4 is 4.90 Å². The van der Waals surface area contributed by atoms with E-state index < -0.39 is 0 Å². The van der Waals surface area contributed by atoms with Crippen molar-refractivity contribution < 1.29 is 4.42 Å². The SMILES string of the molecule is Clc1cncnc1N1CCCC1c1ccco1. The highest BCUT2D eigenvalue weighted by molar-refractivity contribution is 6.32. The van der Waals surface area contributed by atoms with Crippen LogP contribution in [0.1, 0.15) is 24.6 Å². The van der Waals surface area contributed by atoms with Gasteiger partial charge >= 0.3 is 0 Å². The molecule has 2 aromatic heterocycles. The second-order valence-corrected chi connectivity index (χ2v) is 4.47. The van der Waals surface area contributed by atoms with Crippen molar-refractivity contribution in [1.82, 2.24) is 9.97 Å². The molecule has 1 atom stereocenters. The van der Waals surface area contributed by atoms with E-state index in [0.29, 0.717) is 5.02 Å². The molecule has 1 aliphatic rings. The number of aromatic nitrogens is 2. The maximum Gasteiger partial charge on any atom is 0.151 e. The van der Waals surface area contributed by atoms with Crippen LogP contribution >= 0.6 is 11.6 Å². The second kappa shape index (κ2) is 4.37. The molecule has 0 aromatic carbocycles. The van der Waals surface area contributed by atoms with Gasteiger partial charge in [-0.25, -0.2) is 9.97 Å². The Bertz CT molecular complexity index is 500. The van der Waals surface area contributed by atoms with Crippen LogP contribution in [-0.4, -0.2) is 16.5 Å². The van der Waals surface area contributed by atoms with Crippen LogP contribution in [0.15, 0.2) is 35.3 Å². The van der Waals surface area contributed by atoms with Gasteiger partial charge in [-0.15, -0.1) is 0 Å². The Kier molecular flexibility index (Phi) is 2.73. The first-order valence-electron chi connectivity index (χ1n) is 5.62. The molecule has 2 aromatic rings. The zero-order valence-electron chi connectivity index (χ0n) is 9.21. The second-order valence-electron chi connectivity index (χ2n) is 4.06. The molecule has 5 heteroatoms. The van der Waals surface area contributed by atoms with E-state index in [1.54, 1.807) is 12.5 Å². The van der Waals surface area contributed by atoms with Crippen LogP contribution in [0, 0.1) is 0 Å². The molecule has 1 saturated heterocycles. The van der Waals surface area contributed by atoms with Gasteiger partial charge in [0, 0.05) is 6.54 Å². The highest BCUT2D eigenvalue weighted by atomic mass is 35.5. The fourth-order valence-corrected chi connectivity index (χ4v) is 2.53. The van der Waals surface area contributed by atoms with Gasteiger partial charge in [0.05, 0.1) is 18.5 Å². The Morgan fingerprint density at radius 3 is 3.18 bits per heavy atom. The summed E-state index contributed by atoms with van der Waals surface area (Å²) >= 11 is 6.13. The Hall–Kier alpha value is -1.55. The number of anilines is 1. The molecule has 0 spiro atoms. The van der Waals surface area contributed by atoms with Crippen molar-refractivity contribution in [2.45, 2.75) is 18.9 Å². The minimum absolute atomic E-state index is 0.234. The number of hydrogen-bond donors (Lipinski definition) is 0. The van der Waals surface area contributed by atoms with Crippen molar-refractivity contribution in [2.24, 2.45) is 0 Å². The molecular weight excluding hydrogens is 238 g/mol. The van der Waals surface area contributed by atoms with Crippen LogP contribution in [-0.2, 0) is 0 Å². The predicted octanol–water partition coefficient (Wildman–Crippen LogP) is 3.06. The summed E-state index contributed by atoms with van der Waals surface area (Å²) in [5.74, 6) is 1.76. The minimum atomic E-state index is 0.234. The van der Waals surface area contributed by atoms with Crippen molar-refractivity contribution in [1.29, 1.82) is 0 Å². The summed E-state index contributed by atoms with van der Waals surface area (Å²) < 4.78 is 5.48. The van der Waals surface area contributed by atoms with Crippen molar-refractivity contribution in [2.75, 3.05) is 11.4 Å². The van der Waals surface area contributed by atoms with Gasteiger partial charge in [0.2, 0.25) is 0 Å². The van der Waals surface area contributed by atoms with Gasteiger partial charge in [0.15, 0.2) is 5.82 Å². The monoisotopic (exact) mass is 249 g/mol. The van der Waals surface area contributed by atoms with Crippen LogP contribution in [0.4, 0.5) is 5.82 Å². The van der Waals surface area contributed by atoms with Crippen LogP contribution in [0.5, 0.6) is 0 Å². The van der Waals surface area contributed by atoms with Crippen LogP contribution in [0.2, 0.25) is 5.02 Å². The predicted molar refractivity (Wildman–Crippen MR) is 65.1 cm³/mol. The van der Waals surface area contributed by atoms with E-state index in [0.717, 1.165) is 31.0 Å². The Morgan fingerprint density at radius 1 is 1.47 bits per heavy atom. The lowest BCUT2D eigenvalue weighted by Crippen LogP contribution is -2.23. The topological polar surface area (TPSA) is 42.2 Å². The molecular formula is C12H12ClN3O. The maximum atomic E-state index is 6.13. The molecule has 0 N–H and O–H groups in total. The fourth-order valence-electron chi connectivity index (χ4n) is 2.31. The van der Waals surface area contributed by atoms with E-state index in [1.165, 1.54) is 6.33 Å². The summed E-state index contributed by atoms with van der Waals surface area (Å²) in [6.45, 7) is 0.947. The standard InChI is InChI=1S/C12H12ClN3O/c13-9-7-14-8-15-12(9)16-5-1-3-10(16)11-4-2-6-17-11/h2,4,6-8,10H,1,3,5H2. The van der Waals surface area contributed by atoms with Crippen molar-refractivity contribution in [3.8, 4) is 0 Å². The molecule has 88 valence electrons. The summed E-state index contributed by atoms with van der Waals surface area (Å²) in [4.78, 5) is 10.4. The lowest BCUT2D eigenvalue weighted by Gasteiger charge is -2.24. The van der Waals surface area contributed by atoms with Gasteiger partial charge in [-0.2, -0.15) is 0 Å². The molecule has 0 radical (unpaired) electrons. The van der Waals surface area contributed by atoms with Gasteiger partial charge in [0.1, 0.15) is 17.1 Å². The van der Waals surface area contributed by atoms with E-state index >= 15 is 0 Å². The molecule has 3 heterocycles. The first-order valence-corrected chi connectivity index (χ1v) is 5.99. The number of rotatable bonds is 2. The Balaban J connectivity index is 1.95. The van der Waals surface area contributed by atoms with E-state index in [1.807, 2.05) is 12.1 Å². The van der Waals surface area contributed by atoms with E-state index in [-0.39, 0.29) is 6.04 Å². The third kappa shape index (κ3) is 1.89. The molecule has 0 aliphatic carbocycles. The maximum absolute atomic E-state index is 6.13. The van der Waals surface area contributed by atoms with E-state index in [4.69, 9.17) is 16.0 Å². The molecule has 4 nitrogen and oxygen atoms in total.